The standard InChI is InChI=1S/2Al.2Ca.7O3Si.2Sr/c;;;;7*1-4(2)3;;/q2*+3;2*+2;7*-2;2*+2. The zero-order valence-electron chi connectivity index (χ0n) is 16.1. The smallest absolute Gasteiger partial charge is 0.672 e. The number of hydrogen-bond acceptors (Lipinski definition) is 21. The van der Waals surface area contributed by atoms with E-state index < -0.39 is 64.2 Å². The molecule has 34 heteroatoms. The molecule has 0 aromatic carbocycles. The van der Waals surface area contributed by atoms with Crippen molar-refractivity contribution in [1.82, 2.24) is 0 Å². The van der Waals surface area contributed by atoms with Gasteiger partial charge < -0.3 is 98.4 Å². The van der Waals surface area contributed by atoms with Gasteiger partial charge in [-0.15, -0.1) is 0 Å². The molecule has 0 aromatic rings. The zero-order valence-corrected chi connectivity index (χ0v) is 36.7. The van der Waals surface area contributed by atoms with Gasteiger partial charge in [0.25, 0.3) is 0 Å². The van der Waals surface area contributed by atoms with Crippen molar-refractivity contribution in [3.63, 3.8) is 0 Å². The van der Waals surface area contributed by atoms with Gasteiger partial charge in [0.15, 0.2) is 0 Å². The molecule has 0 aliphatic heterocycles. The molecule has 0 saturated heterocycles. The largest absolute Gasteiger partial charge is 3.00 e. The fourth-order valence-corrected chi connectivity index (χ4v) is 0. The van der Waals surface area contributed by atoms with Gasteiger partial charge in [0, 0.05) is 64.2 Å². The SMILES string of the molecule is O=[Si]([O-])[O-].O=[Si]([O-])[O-].O=[Si]([O-])[O-].O=[Si]([O-])[O-].O=[Si]([O-])[O-].O=[Si]([O-])[O-].O=[Si]([O-])[O-].[Al+3].[Al+3].[Ca+2].[Ca+2].[Sr+2].[Sr+2]. The van der Waals surface area contributed by atoms with E-state index >= 15 is 0 Å². The van der Waals surface area contributed by atoms with Crippen LogP contribution in [0.1, 0.15) is 0 Å². The summed E-state index contributed by atoms with van der Waals surface area (Å²) in [5.74, 6) is 0. The second-order valence-corrected chi connectivity index (χ2v) is 5.25. The van der Waals surface area contributed by atoms with Crippen LogP contribution >= 0.6 is 0 Å². The van der Waals surface area contributed by atoms with Crippen LogP contribution in [0.15, 0.2) is 0 Å². The molecule has 0 heterocycles. The Bertz CT molecular complexity index is 334. The third-order valence-corrected chi connectivity index (χ3v) is 0. The van der Waals surface area contributed by atoms with E-state index in [4.69, 9.17) is 98.4 Å². The summed E-state index contributed by atoms with van der Waals surface area (Å²) in [4.78, 5) is 119. The van der Waals surface area contributed by atoms with E-state index in [0.717, 1.165) is 0 Å². The third kappa shape index (κ3) is 2920. The van der Waals surface area contributed by atoms with Gasteiger partial charge in [-0.25, -0.2) is 0 Å². The maximum Gasteiger partial charge on any atom is 3.00 e. The Morgan fingerprint density at radius 2 is 0.265 bits per heavy atom. The fraction of sp³-hybridized carbons (Fsp3) is 0. The molecule has 0 rings (SSSR count). The topological polar surface area (TPSA) is 442 Å². The molecule has 0 aliphatic rings. The molecule has 0 amide bonds. The Kier molecular flexibility index (Phi) is 188. The van der Waals surface area contributed by atoms with Gasteiger partial charge in [0.2, 0.25) is 0 Å². The van der Waals surface area contributed by atoms with Crippen LogP contribution in [0.2, 0.25) is 0 Å². The second kappa shape index (κ2) is 76.7. The van der Waals surface area contributed by atoms with Crippen LogP contribution in [0.4, 0.5) is 0 Å². The molecule has 0 aromatic heterocycles. The van der Waals surface area contributed by atoms with E-state index in [1.165, 1.54) is 0 Å². The van der Waals surface area contributed by atoms with Crippen molar-refractivity contribution < 1.29 is 98.4 Å². The van der Waals surface area contributed by atoms with Crippen LogP contribution in [-0.2, 0) is 31.2 Å². The predicted octanol–water partition coefficient (Wildman–Crippen LogP) is -22.4. The zero-order chi connectivity index (χ0) is 25.0. The normalized spacial score (nSPS) is 4.94. The van der Waals surface area contributed by atoms with Gasteiger partial charge in [-0.3, -0.25) is 0 Å². The molecule has 0 radical (unpaired) electrons. The minimum absolute atomic E-state index is 0. The third-order valence-electron chi connectivity index (χ3n) is 0. The Morgan fingerprint density at radius 3 is 0.265 bits per heavy atom. The molecule has 0 N–H and O–H groups in total. The van der Waals surface area contributed by atoms with Crippen LogP contribution in [0.5, 0.6) is 0 Å². The van der Waals surface area contributed by atoms with Gasteiger partial charge in [0.1, 0.15) is 0 Å². The summed E-state index contributed by atoms with van der Waals surface area (Å²) in [6.45, 7) is 0. The maximum atomic E-state index is 8.52. The van der Waals surface area contributed by atoms with Crippen molar-refractivity contribution >= 4 is 265 Å². The van der Waals surface area contributed by atoms with Crippen LogP contribution in [0.3, 0.4) is 0 Å². The van der Waals surface area contributed by atoms with E-state index in [2.05, 4.69) is 0 Å². The van der Waals surface area contributed by atoms with Crippen molar-refractivity contribution in [2.45, 2.75) is 0 Å². The average molecular weight is 842 g/mol. The number of hydrogen-bond donors (Lipinski definition) is 0. The summed E-state index contributed by atoms with van der Waals surface area (Å²) in [5, 5.41) is 0. The summed E-state index contributed by atoms with van der Waals surface area (Å²) in [6, 6.07) is 0. The van der Waals surface area contributed by atoms with E-state index in [0.29, 0.717) is 0 Å². The first-order valence-electron chi connectivity index (χ1n) is 4.29. The minimum Gasteiger partial charge on any atom is -0.672 e. The first-order chi connectivity index (χ1) is 12.1. The molecule has 0 bridgehead atoms. The monoisotopic (exact) mass is 841 g/mol. The molecule has 34 heavy (non-hydrogen) atoms. The molecule has 0 atom stereocenters. The van der Waals surface area contributed by atoms with Crippen molar-refractivity contribution in [1.29, 1.82) is 0 Å². The predicted molar refractivity (Wildman–Crippen MR) is 79.6 cm³/mol. The Hall–Kier alpha value is 3.86. The first-order valence-corrected chi connectivity index (χ1v) is 12.9. The Morgan fingerprint density at radius 1 is 0.265 bits per heavy atom. The summed E-state index contributed by atoms with van der Waals surface area (Å²) in [7, 11) is -25.4. The molecule has 0 unspecified atom stereocenters. The molecule has 21 nitrogen and oxygen atoms in total. The number of rotatable bonds is 0. The van der Waals surface area contributed by atoms with Crippen LogP contribution in [-0.4, -0.2) is 265 Å². The maximum absolute atomic E-state index is 8.52. The van der Waals surface area contributed by atoms with Gasteiger partial charge >= 0.3 is 201 Å². The Labute approximate surface area is 355 Å². The van der Waals surface area contributed by atoms with E-state index in [9.17, 15) is 0 Å². The average Bonchev–Trinajstić information content (AvgIpc) is 2.20. The van der Waals surface area contributed by atoms with Gasteiger partial charge in [0.05, 0.1) is 0 Å². The quantitative estimate of drug-likeness (QED) is 0.204. The van der Waals surface area contributed by atoms with Crippen LogP contribution in [0, 0.1) is 0 Å². The summed E-state index contributed by atoms with van der Waals surface area (Å²) < 4.78 is 59.6. The van der Waals surface area contributed by atoms with E-state index in [1.807, 2.05) is 0 Å². The van der Waals surface area contributed by atoms with Crippen molar-refractivity contribution in [3.05, 3.63) is 0 Å². The molecular weight excluding hydrogens is 842 g/mol. The van der Waals surface area contributed by atoms with E-state index in [-0.39, 0.29) is 201 Å². The van der Waals surface area contributed by atoms with E-state index in [1.54, 1.807) is 0 Å². The molecule has 0 saturated carbocycles. The van der Waals surface area contributed by atoms with Gasteiger partial charge in [-0.05, 0) is 0 Å². The minimum atomic E-state index is -3.63. The fourth-order valence-electron chi connectivity index (χ4n) is 0. The van der Waals surface area contributed by atoms with Gasteiger partial charge in [-0.2, -0.15) is 0 Å². The van der Waals surface area contributed by atoms with Crippen molar-refractivity contribution in [2.75, 3.05) is 0 Å². The van der Waals surface area contributed by atoms with Crippen LogP contribution in [0.25, 0.3) is 0 Å². The molecule has 0 aliphatic carbocycles. The molecule has 168 valence electrons. The van der Waals surface area contributed by atoms with Crippen molar-refractivity contribution in [3.8, 4) is 0 Å². The summed E-state index contributed by atoms with van der Waals surface area (Å²) in [6.07, 6.45) is 0. The molecular formula is Al2Ca2O21Si7Sr2. The second-order valence-electron chi connectivity index (χ2n) is 1.75. The van der Waals surface area contributed by atoms with Crippen molar-refractivity contribution in [2.24, 2.45) is 0 Å². The summed E-state index contributed by atoms with van der Waals surface area (Å²) >= 11 is 0. The van der Waals surface area contributed by atoms with Gasteiger partial charge in [-0.1, -0.05) is 0 Å². The molecule has 0 spiro atoms. The summed E-state index contributed by atoms with van der Waals surface area (Å²) in [5.41, 5.74) is 0. The molecule has 0 fully saturated rings. The Balaban J connectivity index is -0.0000000134. The first kappa shape index (κ1) is 83.2. The van der Waals surface area contributed by atoms with Crippen LogP contribution < -0.4 is 67.1 Å².